The first-order valence-corrected chi connectivity index (χ1v) is 4.71. The van der Waals surface area contributed by atoms with Crippen molar-refractivity contribution in [2.45, 2.75) is 0 Å². The second-order valence-corrected chi connectivity index (χ2v) is 3.82. The van der Waals surface area contributed by atoms with Crippen molar-refractivity contribution in [1.29, 1.82) is 0 Å². The molecular formula is C8Cl3FO3. The molecule has 0 aromatic heterocycles. The van der Waals surface area contributed by atoms with Gasteiger partial charge in [0.2, 0.25) is 0 Å². The van der Waals surface area contributed by atoms with Crippen molar-refractivity contribution in [2.24, 2.45) is 0 Å². The van der Waals surface area contributed by atoms with Crippen LogP contribution >= 0.6 is 34.8 Å². The van der Waals surface area contributed by atoms with Gasteiger partial charge in [0.25, 0.3) is 0 Å². The van der Waals surface area contributed by atoms with Gasteiger partial charge >= 0.3 is 11.9 Å². The molecule has 0 atom stereocenters. The van der Waals surface area contributed by atoms with Crippen LogP contribution in [-0.4, -0.2) is 11.9 Å². The maximum atomic E-state index is 13.4. The lowest BCUT2D eigenvalue weighted by molar-refractivity contribution is 0.0442. The van der Waals surface area contributed by atoms with Crippen LogP contribution in [0.15, 0.2) is 0 Å². The van der Waals surface area contributed by atoms with E-state index in [2.05, 4.69) is 4.74 Å². The summed E-state index contributed by atoms with van der Waals surface area (Å²) < 4.78 is 17.6. The summed E-state index contributed by atoms with van der Waals surface area (Å²) in [6.45, 7) is 0. The molecule has 0 bridgehead atoms. The number of benzene rings is 1. The van der Waals surface area contributed by atoms with Crippen LogP contribution in [-0.2, 0) is 4.74 Å². The van der Waals surface area contributed by atoms with Crippen LogP contribution in [0, 0.1) is 5.82 Å². The van der Waals surface area contributed by atoms with Crippen molar-refractivity contribution in [3.05, 3.63) is 32.0 Å². The molecule has 0 amide bonds. The molecule has 0 radical (unpaired) electrons. The Labute approximate surface area is 97.7 Å². The monoisotopic (exact) mass is 268 g/mol. The van der Waals surface area contributed by atoms with Gasteiger partial charge in [-0.1, -0.05) is 34.8 Å². The molecule has 3 nitrogen and oxygen atoms in total. The SMILES string of the molecule is O=C1OC(=O)c2c(Cl)c(Cl)c(Cl)c(F)c21. The molecular weight excluding hydrogens is 269 g/mol. The van der Waals surface area contributed by atoms with Gasteiger partial charge in [-0.25, -0.2) is 14.0 Å². The molecule has 2 rings (SSSR count). The topological polar surface area (TPSA) is 43.4 Å². The zero-order chi connectivity index (χ0) is 11.3. The first kappa shape index (κ1) is 10.7. The first-order chi connectivity index (χ1) is 6.95. The van der Waals surface area contributed by atoms with Gasteiger partial charge in [-0.15, -0.1) is 0 Å². The third kappa shape index (κ3) is 1.33. The fourth-order valence-corrected chi connectivity index (χ4v) is 1.88. The molecule has 0 N–H and O–H groups in total. The van der Waals surface area contributed by atoms with Gasteiger partial charge in [0.1, 0.15) is 5.56 Å². The van der Waals surface area contributed by atoms with Gasteiger partial charge in [0, 0.05) is 0 Å². The summed E-state index contributed by atoms with van der Waals surface area (Å²) in [5, 5.41) is -1.11. The Hall–Kier alpha value is -0.840. The third-order valence-corrected chi connectivity index (χ3v) is 3.17. The molecule has 1 aliphatic heterocycles. The van der Waals surface area contributed by atoms with Gasteiger partial charge < -0.3 is 4.74 Å². The fourth-order valence-electron chi connectivity index (χ4n) is 1.20. The van der Waals surface area contributed by atoms with E-state index in [1.807, 2.05) is 0 Å². The fraction of sp³-hybridized carbons (Fsp3) is 0. The third-order valence-electron chi connectivity index (χ3n) is 1.86. The minimum Gasteiger partial charge on any atom is -0.386 e. The number of rotatable bonds is 0. The van der Waals surface area contributed by atoms with E-state index in [-0.39, 0.29) is 15.6 Å². The molecule has 7 heteroatoms. The Morgan fingerprint density at radius 1 is 0.867 bits per heavy atom. The summed E-state index contributed by atoms with van der Waals surface area (Å²) in [5.74, 6) is -3.25. The van der Waals surface area contributed by atoms with Crippen LogP contribution in [0.1, 0.15) is 20.7 Å². The standard InChI is InChI=1S/C8Cl3FO3/c9-3-1-2(8(14)15-7(1)13)6(12)5(11)4(3)10. The number of carbonyl (C=O) groups is 2. The average Bonchev–Trinajstić information content (AvgIpc) is 2.47. The van der Waals surface area contributed by atoms with Crippen LogP contribution in [0.25, 0.3) is 0 Å². The molecule has 1 heterocycles. The lowest BCUT2D eigenvalue weighted by Gasteiger charge is -2.03. The number of hydrogen-bond acceptors (Lipinski definition) is 3. The van der Waals surface area contributed by atoms with Crippen molar-refractivity contribution in [1.82, 2.24) is 0 Å². The summed E-state index contributed by atoms with van der Waals surface area (Å²) in [6, 6.07) is 0. The second-order valence-electron chi connectivity index (χ2n) is 2.68. The molecule has 78 valence electrons. The Kier molecular flexibility index (Phi) is 2.37. The number of fused-ring (bicyclic) bond motifs is 1. The average molecular weight is 269 g/mol. The normalized spacial score (nSPS) is 14.1. The van der Waals surface area contributed by atoms with Gasteiger partial charge in [-0.2, -0.15) is 0 Å². The van der Waals surface area contributed by atoms with Crippen LogP contribution in [0.3, 0.4) is 0 Å². The maximum absolute atomic E-state index is 13.4. The Morgan fingerprint density at radius 2 is 1.40 bits per heavy atom. The Morgan fingerprint density at radius 3 is 2.00 bits per heavy atom. The van der Waals surface area contributed by atoms with E-state index in [0.29, 0.717) is 0 Å². The van der Waals surface area contributed by atoms with Crippen LogP contribution < -0.4 is 0 Å². The van der Waals surface area contributed by atoms with E-state index < -0.39 is 28.3 Å². The highest BCUT2D eigenvalue weighted by atomic mass is 35.5. The summed E-state index contributed by atoms with van der Waals surface area (Å²) in [7, 11) is 0. The minimum atomic E-state index is -1.12. The zero-order valence-corrected chi connectivity index (χ0v) is 9.00. The minimum absolute atomic E-state index is 0.283. The van der Waals surface area contributed by atoms with Crippen molar-refractivity contribution >= 4 is 46.7 Å². The highest BCUT2D eigenvalue weighted by Gasteiger charge is 2.38. The van der Waals surface area contributed by atoms with Gasteiger partial charge in [-0.3, -0.25) is 0 Å². The Bertz CT molecular complexity index is 468. The molecule has 1 aliphatic rings. The number of hydrogen-bond donors (Lipinski definition) is 0. The second kappa shape index (κ2) is 3.33. The van der Waals surface area contributed by atoms with Crippen molar-refractivity contribution in [2.75, 3.05) is 0 Å². The highest BCUT2D eigenvalue weighted by Crippen LogP contribution is 2.40. The van der Waals surface area contributed by atoms with E-state index in [9.17, 15) is 14.0 Å². The lowest BCUT2D eigenvalue weighted by atomic mass is 10.1. The van der Waals surface area contributed by atoms with E-state index in [4.69, 9.17) is 34.8 Å². The number of esters is 2. The molecule has 1 aromatic carbocycles. The molecule has 0 saturated carbocycles. The summed E-state index contributed by atoms with van der Waals surface area (Å²) >= 11 is 16.7. The molecule has 1 aromatic rings. The van der Waals surface area contributed by atoms with Crippen molar-refractivity contribution in [3.63, 3.8) is 0 Å². The van der Waals surface area contributed by atoms with Crippen LogP contribution in [0.5, 0.6) is 0 Å². The summed E-state index contributed by atoms with van der Waals surface area (Å²) in [6.07, 6.45) is 0. The number of carbonyl (C=O) groups excluding carboxylic acids is 2. The van der Waals surface area contributed by atoms with Gasteiger partial charge in [0.05, 0.1) is 20.6 Å². The molecule has 0 fully saturated rings. The lowest BCUT2D eigenvalue weighted by Crippen LogP contribution is -1.99. The highest BCUT2D eigenvalue weighted by molar-refractivity contribution is 6.50. The zero-order valence-electron chi connectivity index (χ0n) is 6.74. The van der Waals surface area contributed by atoms with E-state index >= 15 is 0 Å². The summed E-state index contributed by atoms with van der Waals surface area (Å²) in [5.41, 5.74) is -0.951. The van der Waals surface area contributed by atoms with E-state index in [1.165, 1.54) is 0 Å². The van der Waals surface area contributed by atoms with Crippen LogP contribution in [0.4, 0.5) is 4.39 Å². The maximum Gasteiger partial charge on any atom is 0.350 e. The predicted octanol–water partition coefficient (Wildman–Crippen LogP) is 3.10. The molecule has 0 saturated heterocycles. The van der Waals surface area contributed by atoms with Crippen molar-refractivity contribution < 1.29 is 18.7 Å². The van der Waals surface area contributed by atoms with E-state index in [0.717, 1.165) is 0 Å². The van der Waals surface area contributed by atoms with Gasteiger partial charge in [0.15, 0.2) is 5.82 Å². The number of halogens is 4. The number of ether oxygens (including phenoxy) is 1. The number of cyclic esters (lactones) is 2. The Balaban J connectivity index is 2.92. The van der Waals surface area contributed by atoms with Crippen molar-refractivity contribution in [3.8, 4) is 0 Å². The predicted molar refractivity (Wildman–Crippen MR) is 51.2 cm³/mol. The molecule has 0 unspecified atom stereocenters. The summed E-state index contributed by atoms with van der Waals surface area (Å²) in [4.78, 5) is 22.2. The van der Waals surface area contributed by atoms with E-state index in [1.54, 1.807) is 0 Å². The molecule has 0 aliphatic carbocycles. The first-order valence-electron chi connectivity index (χ1n) is 3.57. The quantitative estimate of drug-likeness (QED) is 0.314. The smallest absolute Gasteiger partial charge is 0.350 e. The molecule has 0 spiro atoms. The van der Waals surface area contributed by atoms with Crippen LogP contribution in [0.2, 0.25) is 15.1 Å². The van der Waals surface area contributed by atoms with Gasteiger partial charge in [-0.05, 0) is 0 Å². The largest absolute Gasteiger partial charge is 0.386 e. The molecule has 15 heavy (non-hydrogen) atoms.